The molecule has 0 aromatic carbocycles. The number of rotatable bonds is 4. The monoisotopic (exact) mass is 192 g/mol. The molecule has 0 heterocycles. The van der Waals surface area contributed by atoms with E-state index in [0.29, 0.717) is 0 Å². The molecule has 12 heavy (non-hydrogen) atoms. The van der Waals surface area contributed by atoms with Crippen LogP contribution in [-0.2, 0) is 9.59 Å². The van der Waals surface area contributed by atoms with Gasteiger partial charge in [0.15, 0.2) is 0 Å². The van der Waals surface area contributed by atoms with E-state index in [-0.39, 0.29) is 30.3 Å². The molecule has 0 spiro atoms. The summed E-state index contributed by atoms with van der Waals surface area (Å²) in [7, 11) is 0. The van der Waals surface area contributed by atoms with Gasteiger partial charge in [-0.2, -0.15) is 0 Å². The Hall–Kier alpha value is -0.770. The molecule has 0 aromatic heterocycles. The molecule has 2 N–H and O–H groups in total. The molecule has 0 rings (SSSR count). The summed E-state index contributed by atoms with van der Waals surface area (Å²) < 4.78 is 0. The van der Waals surface area contributed by atoms with Crippen molar-refractivity contribution in [2.75, 3.05) is 12.4 Å². The Morgan fingerprint density at radius 1 is 1.33 bits per heavy atom. The molecular formula is C7H13ClN2O2. The SMILES string of the molecule is CC(C)NC(=O)CNC(=O)CCl. The van der Waals surface area contributed by atoms with Gasteiger partial charge in [0, 0.05) is 6.04 Å². The van der Waals surface area contributed by atoms with Gasteiger partial charge in [-0.1, -0.05) is 0 Å². The zero-order chi connectivity index (χ0) is 9.56. The lowest BCUT2D eigenvalue weighted by Crippen LogP contribution is -2.40. The van der Waals surface area contributed by atoms with Gasteiger partial charge in [-0.25, -0.2) is 0 Å². The second-order valence-electron chi connectivity index (χ2n) is 2.63. The van der Waals surface area contributed by atoms with Crippen LogP contribution in [0.4, 0.5) is 0 Å². The molecular weight excluding hydrogens is 180 g/mol. The van der Waals surface area contributed by atoms with Crippen molar-refractivity contribution in [1.29, 1.82) is 0 Å². The van der Waals surface area contributed by atoms with Gasteiger partial charge in [-0.15, -0.1) is 11.6 Å². The van der Waals surface area contributed by atoms with Crippen molar-refractivity contribution < 1.29 is 9.59 Å². The minimum atomic E-state index is -0.337. The highest BCUT2D eigenvalue weighted by molar-refractivity contribution is 6.27. The molecule has 0 saturated heterocycles. The van der Waals surface area contributed by atoms with Gasteiger partial charge >= 0.3 is 0 Å². The molecule has 0 aliphatic heterocycles. The van der Waals surface area contributed by atoms with E-state index in [1.54, 1.807) is 0 Å². The molecule has 0 fully saturated rings. The normalized spacial score (nSPS) is 9.67. The maximum Gasteiger partial charge on any atom is 0.239 e. The smallest absolute Gasteiger partial charge is 0.239 e. The predicted molar refractivity (Wildman–Crippen MR) is 47.0 cm³/mol. The summed E-state index contributed by atoms with van der Waals surface area (Å²) in [5, 5.41) is 4.98. The van der Waals surface area contributed by atoms with Crippen LogP contribution in [0.15, 0.2) is 0 Å². The lowest BCUT2D eigenvalue weighted by molar-refractivity contribution is -0.125. The van der Waals surface area contributed by atoms with Crippen molar-refractivity contribution in [3.63, 3.8) is 0 Å². The Morgan fingerprint density at radius 3 is 2.33 bits per heavy atom. The standard InChI is InChI=1S/C7H13ClN2O2/c1-5(2)10-7(12)4-9-6(11)3-8/h5H,3-4H2,1-2H3,(H,9,11)(H,10,12). The van der Waals surface area contributed by atoms with E-state index in [0.717, 1.165) is 0 Å². The fraction of sp³-hybridized carbons (Fsp3) is 0.714. The van der Waals surface area contributed by atoms with E-state index in [4.69, 9.17) is 11.6 Å². The van der Waals surface area contributed by atoms with Crippen LogP contribution >= 0.6 is 11.6 Å². The third-order valence-electron chi connectivity index (χ3n) is 1.02. The summed E-state index contributed by atoms with van der Waals surface area (Å²) in [5.41, 5.74) is 0. The maximum atomic E-state index is 10.9. The first-order chi connectivity index (χ1) is 5.56. The fourth-order valence-corrected chi connectivity index (χ4v) is 0.694. The van der Waals surface area contributed by atoms with Crippen molar-refractivity contribution in [3.8, 4) is 0 Å². The second-order valence-corrected chi connectivity index (χ2v) is 2.90. The molecule has 0 aromatic rings. The first-order valence-electron chi connectivity index (χ1n) is 3.68. The Kier molecular flexibility index (Phi) is 5.45. The molecule has 4 nitrogen and oxygen atoms in total. The van der Waals surface area contributed by atoms with Gasteiger partial charge < -0.3 is 10.6 Å². The highest BCUT2D eigenvalue weighted by Crippen LogP contribution is 1.77. The van der Waals surface area contributed by atoms with Gasteiger partial charge in [0.05, 0.1) is 6.54 Å². The van der Waals surface area contributed by atoms with Crippen LogP contribution < -0.4 is 10.6 Å². The van der Waals surface area contributed by atoms with Gasteiger partial charge in [-0.05, 0) is 13.8 Å². The first-order valence-corrected chi connectivity index (χ1v) is 4.21. The molecule has 0 radical (unpaired) electrons. The van der Waals surface area contributed by atoms with Crippen LogP contribution in [0, 0.1) is 0 Å². The number of carbonyl (C=O) groups excluding carboxylic acids is 2. The second kappa shape index (κ2) is 5.83. The molecule has 0 aliphatic carbocycles. The highest BCUT2D eigenvalue weighted by Gasteiger charge is 2.04. The number of nitrogens with one attached hydrogen (secondary N) is 2. The molecule has 0 bridgehead atoms. The van der Waals surface area contributed by atoms with Crippen molar-refractivity contribution in [2.45, 2.75) is 19.9 Å². The lowest BCUT2D eigenvalue weighted by atomic mass is 10.4. The molecule has 70 valence electrons. The van der Waals surface area contributed by atoms with Gasteiger partial charge in [-0.3, -0.25) is 9.59 Å². The quantitative estimate of drug-likeness (QED) is 0.610. The number of halogens is 1. The number of carbonyl (C=O) groups is 2. The number of hydrogen-bond acceptors (Lipinski definition) is 2. The predicted octanol–water partition coefficient (Wildman–Crippen LogP) is -0.134. The molecule has 0 saturated carbocycles. The lowest BCUT2D eigenvalue weighted by Gasteiger charge is -2.08. The summed E-state index contributed by atoms with van der Waals surface area (Å²) in [6.07, 6.45) is 0. The Balaban J connectivity index is 3.51. The minimum absolute atomic E-state index is 0.0102. The van der Waals surface area contributed by atoms with Crippen LogP contribution in [0.3, 0.4) is 0 Å². The topological polar surface area (TPSA) is 58.2 Å². The van der Waals surface area contributed by atoms with Crippen LogP contribution in [0.2, 0.25) is 0 Å². The third-order valence-corrected chi connectivity index (χ3v) is 1.26. The molecule has 0 unspecified atom stereocenters. The maximum absolute atomic E-state index is 10.9. The van der Waals surface area contributed by atoms with Crippen molar-refractivity contribution in [3.05, 3.63) is 0 Å². The van der Waals surface area contributed by atoms with Crippen molar-refractivity contribution in [1.82, 2.24) is 10.6 Å². The van der Waals surface area contributed by atoms with Crippen LogP contribution in [0.1, 0.15) is 13.8 Å². The molecule has 0 atom stereocenters. The van der Waals surface area contributed by atoms with Crippen LogP contribution in [0.25, 0.3) is 0 Å². The first kappa shape index (κ1) is 11.2. The Labute approximate surface area is 76.7 Å². The van der Waals surface area contributed by atoms with Crippen LogP contribution in [-0.4, -0.2) is 30.3 Å². The summed E-state index contributed by atoms with van der Waals surface area (Å²) in [4.78, 5) is 21.5. The third kappa shape index (κ3) is 5.97. The average Bonchev–Trinajstić information content (AvgIpc) is 1.99. The van der Waals surface area contributed by atoms with E-state index in [1.807, 2.05) is 13.8 Å². The van der Waals surface area contributed by atoms with E-state index in [2.05, 4.69) is 10.6 Å². The largest absolute Gasteiger partial charge is 0.352 e. The number of amides is 2. The zero-order valence-corrected chi connectivity index (χ0v) is 7.94. The van der Waals surface area contributed by atoms with E-state index in [9.17, 15) is 9.59 Å². The van der Waals surface area contributed by atoms with Crippen molar-refractivity contribution in [2.24, 2.45) is 0 Å². The van der Waals surface area contributed by atoms with E-state index in [1.165, 1.54) is 0 Å². The van der Waals surface area contributed by atoms with Crippen molar-refractivity contribution >= 4 is 23.4 Å². The Morgan fingerprint density at radius 2 is 1.92 bits per heavy atom. The highest BCUT2D eigenvalue weighted by atomic mass is 35.5. The van der Waals surface area contributed by atoms with Gasteiger partial charge in [0.1, 0.15) is 5.88 Å². The van der Waals surface area contributed by atoms with E-state index < -0.39 is 0 Å². The fourth-order valence-electron chi connectivity index (χ4n) is 0.599. The average molecular weight is 193 g/mol. The molecule has 5 heteroatoms. The van der Waals surface area contributed by atoms with Gasteiger partial charge in [0.2, 0.25) is 11.8 Å². The van der Waals surface area contributed by atoms with Crippen LogP contribution in [0.5, 0.6) is 0 Å². The summed E-state index contributed by atoms with van der Waals surface area (Å²) in [6, 6.07) is 0.0883. The van der Waals surface area contributed by atoms with E-state index >= 15 is 0 Å². The molecule has 2 amide bonds. The van der Waals surface area contributed by atoms with Gasteiger partial charge in [0.25, 0.3) is 0 Å². The zero-order valence-electron chi connectivity index (χ0n) is 7.19. The minimum Gasteiger partial charge on any atom is -0.352 e. The molecule has 0 aliphatic rings. The number of alkyl halides is 1. The number of hydrogen-bond donors (Lipinski definition) is 2. The summed E-state index contributed by atoms with van der Waals surface area (Å²) in [6.45, 7) is 3.69. The Bertz CT molecular complexity index is 171. The summed E-state index contributed by atoms with van der Waals surface area (Å²) >= 11 is 5.20. The summed E-state index contributed by atoms with van der Waals surface area (Å²) in [5.74, 6) is -0.659.